The maximum atomic E-state index is 13.1. The Bertz CT molecular complexity index is 1340. The van der Waals surface area contributed by atoms with Crippen LogP contribution in [0, 0.1) is 18.3 Å². The first-order valence-electron chi connectivity index (χ1n) is 12.6. The topological polar surface area (TPSA) is 136 Å². The third-order valence-corrected chi connectivity index (χ3v) is 6.32. The highest BCUT2D eigenvalue weighted by molar-refractivity contribution is 6.04. The van der Waals surface area contributed by atoms with E-state index in [4.69, 9.17) is 9.72 Å². The highest BCUT2D eigenvalue weighted by Crippen LogP contribution is 2.29. The zero-order valence-electron chi connectivity index (χ0n) is 22.2. The average molecular weight is 516 g/mol. The summed E-state index contributed by atoms with van der Waals surface area (Å²) in [5.41, 5.74) is 3.29. The number of aliphatic hydroxyl groups is 1. The number of hydrogen-bond donors (Lipinski definition) is 3. The number of nitriles is 1. The maximum Gasteiger partial charge on any atom is 0.255 e. The van der Waals surface area contributed by atoms with Crippen LogP contribution in [0.5, 0.6) is 0 Å². The second-order valence-electron chi connectivity index (χ2n) is 9.91. The number of ether oxygens (including phenoxy) is 1. The number of anilines is 3. The van der Waals surface area contributed by atoms with Crippen LogP contribution in [-0.2, 0) is 10.2 Å². The molecular formula is C28H33N7O3. The van der Waals surface area contributed by atoms with Crippen LogP contribution in [0.3, 0.4) is 0 Å². The lowest BCUT2D eigenvalue weighted by Gasteiger charge is -2.28. The van der Waals surface area contributed by atoms with Crippen molar-refractivity contribution in [1.82, 2.24) is 15.0 Å². The van der Waals surface area contributed by atoms with Gasteiger partial charge in [0.05, 0.1) is 42.2 Å². The molecule has 1 saturated heterocycles. The van der Waals surface area contributed by atoms with E-state index in [9.17, 15) is 15.2 Å². The normalized spacial score (nSPS) is 14.5. The molecule has 4 rings (SSSR count). The smallest absolute Gasteiger partial charge is 0.255 e. The van der Waals surface area contributed by atoms with E-state index in [1.54, 1.807) is 39.1 Å². The fourth-order valence-corrected chi connectivity index (χ4v) is 3.99. The Kier molecular flexibility index (Phi) is 8.20. The van der Waals surface area contributed by atoms with Crippen molar-refractivity contribution >= 4 is 23.4 Å². The van der Waals surface area contributed by atoms with Crippen LogP contribution in [0.2, 0.25) is 0 Å². The number of carbonyl (C=O) groups is 1. The number of pyridine rings is 1. The van der Waals surface area contributed by atoms with E-state index in [2.05, 4.69) is 31.6 Å². The van der Waals surface area contributed by atoms with Crippen molar-refractivity contribution in [1.29, 1.82) is 5.26 Å². The molecule has 1 amide bonds. The molecule has 0 radical (unpaired) electrons. The first-order chi connectivity index (χ1) is 18.2. The molecule has 0 aliphatic carbocycles. The summed E-state index contributed by atoms with van der Waals surface area (Å²) in [6.07, 6.45) is 0.988. The van der Waals surface area contributed by atoms with Crippen LogP contribution >= 0.6 is 0 Å². The van der Waals surface area contributed by atoms with E-state index in [0.717, 1.165) is 30.0 Å². The molecule has 38 heavy (non-hydrogen) atoms. The van der Waals surface area contributed by atoms with E-state index in [1.807, 2.05) is 31.2 Å². The summed E-state index contributed by atoms with van der Waals surface area (Å²) in [4.78, 5) is 28.9. The highest BCUT2D eigenvalue weighted by Gasteiger charge is 2.23. The van der Waals surface area contributed by atoms with Gasteiger partial charge in [-0.25, -0.2) is 4.98 Å². The molecule has 3 aromatic rings. The molecule has 10 nitrogen and oxygen atoms in total. The van der Waals surface area contributed by atoms with E-state index in [0.29, 0.717) is 48.3 Å². The summed E-state index contributed by atoms with van der Waals surface area (Å²) in [6.45, 7) is 10.2. The SMILES string of the molecule is Cc1ccc(NC(=O)c2ccnc(C(C)(C)C#N)c2)cc1-c1cc(N2CCOCC2)nc(NC[C@@H](C)O)n1. The number of carbonyl (C=O) groups excluding carboxylic acids is 1. The molecule has 198 valence electrons. The van der Waals surface area contributed by atoms with Gasteiger partial charge in [-0.2, -0.15) is 10.2 Å². The van der Waals surface area contributed by atoms with Gasteiger partial charge in [-0.1, -0.05) is 6.07 Å². The van der Waals surface area contributed by atoms with Gasteiger partial charge in [0.1, 0.15) is 5.82 Å². The van der Waals surface area contributed by atoms with Gasteiger partial charge in [-0.15, -0.1) is 0 Å². The Hall–Kier alpha value is -4.07. The van der Waals surface area contributed by atoms with Crippen molar-refractivity contribution in [2.45, 2.75) is 39.2 Å². The van der Waals surface area contributed by atoms with Crippen LogP contribution in [0.1, 0.15) is 42.4 Å². The molecule has 0 unspecified atom stereocenters. The minimum absolute atomic E-state index is 0.298. The number of aliphatic hydroxyl groups excluding tert-OH is 1. The fourth-order valence-electron chi connectivity index (χ4n) is 3.99. The number of rotatable bonds is 8. The Labute approximate surface area is 222 Å². The predicted molar refractivity (Wildman–Crippen MR) is 146 cm³/mol. The Morgan fingerprint density at radius 3 is 2.68 bits per heavy atom. The summed E-state index contributed by atoms with van der Waals surface area (Å²) in [6, 6.07) is 13.1. The summed E-state index contributed by atoms with van der Waals surface area (Å²) in [7, 11) is 0. The molecule has 2 aromatic heterocycles. The first-order valence-corrected chi connectivity index (χ1v) is 12.6. The van der Waals surface area contributed by atoms with Gasteiger partial charge in [-0.05, 0) is 57.5 Å². The average Bonchev–Trinajstić information content (AvgIpc) is 2.93. The van der Waals surface area contributed by atoms with Crippen LogP contribution in [0.25, 0.3) is 11.3 Å². The number of morpholine rings is 1. The summed E-state index contributed by atoms with van der Waals surface area (Å²) in [5, 5.41) is 25.3. The third kappa shape index (κ3) is 6.43. The minimum atomic E-state index is -0.807. The van der Waals surface area contributed by atoms with Crippen LogP contribution in [0.15, 0.2) is 42.6 Å². The van der Waals surface area contributed by atoms with E-state index in [1.165, 1.54) is 0 Å². The molecule has 1 aliphatic rings. The van der Waals surface area contributed by atoms with Crippen molar-refractivity contribution in [3.63, 3.8) is 0 Å². The van der Waals surface area contributed by atoms with E-state index >= 15 is 0 Å². The summed E-state index contributed by atoms with van der Waals surface area (Å²) in [5.74, 6) is 0.890. The summed E-state index contributed by atoms with van der Waals surface area (Å²) < 4.78 is 5.49. The standard InChI is InChI=1S/C28H33N7O3/c1-18-5-6-21(32-26(37)20-7-8-30-24(13-20)28(3,4)17-29)14-22(18)23-15-25(35-9-11-38-12-10-35)34-27(33-23)31-16-19(2)36/h5-8,13-15,19,36H,9-12,16H2,1-4H3,(H,32,37)(H,31,33,34)/t19-/m1/s1. The number of aryl methyl sites for hydroxylation is 1. The molecule has 10 heteroatoms. The zero-order valence-corrected chi connectivity index (χ0v) is 22.2. The number of benzene rings is 1. The summed E-state index contributed by atoms with van der Waals surface area (Å²) >= 11 is 0. The molecule has 0 bridgehead atoms. The molecule has 1 aliphatic heterocycles. The Balaban J connectivity index is 1.64. The Morgan fingerprint density at radius 2 is 1.97 bits per heavy atom. The second kappa shape index (κ2) is 11.5. The van der Waals surface area contributed by atoms with Crippen molar-refractivity contribution in [2.24, 2.45) is 0 Å². The first kappa shape index (κ1) is 27.0. The van der Waals surface area contributed by atoms with Crippen molar-refractivity contribution in [3.8, 4) is 17.3 Å². The van der Waals surface area contributed by atoms with Gasteiger partial charge >= 0.3 is 0 Å². The molecule has 0 spiro atoms. The maximum absolute atomic E-state index is 13.1. The Morgan fingerprint density at radius 1 is 1.21 bits per heavy atom. The van der Waals surface area contributed by atoms with Crippen LogP contribution in [-0.4, -0.2) is 64.9 Å². The highest BCUT2D eigenvalue weighted by atomic mass is 16.5. The largest absolute Gasteiger partial charge is 0.392 e. The van der Waals surface area contributed by atoms with Crippen molar-refractivity contribution < 1.29 is 14.6 Å². The quantitative estimate of drug-likeness (QED) is 0.411. The number of amides is 1. The molecule has 0 saturated carbocycles. The van der Waals surface area contributed by atoms with E-state index < -0.39 is 11.5 Å². The lowest BCUT2D eigenvalue weighted by molar-refractivity contribution is 0.102. The number of hydrogen-bond acceptors (Lipinski definition) is 9. The zero-order chi connectivity index (χ0) is 27.3. The number of nitrogens with zero attached hydrogens (tertiary/aromatic N) is 5. The molecule has 1 atom stereocenters. The predicted octanol–water partition coefficient (Wildman–Crippen LogP) is 3.53. The fraction of sp³-hybridized carbons (Fsp3) is 0.393. The van der Waals surface area contributed by atoms with Gasteiger partial charge in [0, 0.05) is 48.7 Å². The second-order valence-corrected chi connectivity index (χ2v) is 9.91. The third-order valence-electron chi connectivity index (χ3n) is 6.32. The van der Waals surface area contributed by atoms with E-state index in [-0.39, 0.29) is 5.91 Å². The lowest BCUT2D eigenvalue weighted by Crippen LogP contribution is -2.37. The van der Waals surface area contributed by atoms with Crippen molar-refractivity contribution in [3.05, 3.63) is 59.4 Å². The molecule has 3 N–H and O–H groups in total. The van der Waals surface area contributed by atoms with Crippen LogP contribution in [0.4, 0.5) is 17.5 Å². The molecule has 1 fully saturated rings. The number of nitrogens with one attached hydrogen (secondary N) is 2. The van der Waals surface area contributed by atoms with Crippen LogP contribution < -0.4 is 15.5 Å². The van der Waals surface area contributed by atoms with Gasteiger partial charge < -0.3 is 25.4 Å². The lowest BCUT2D eigenvalue weighted by atomic mass is 9.90. The van der Waals surface area contributed by atoms with Gasteiger partial charge in [-0.3, -0.25) is 9.78 Å². The molecule has 1 aromatic carbocycles. The van der Waals surface area contributed by atoms with Crippen molar-refractivity contribution in [2.75, 3.05) is 48.4 Å². The molecule has 3 heterocycles. The monoisotopic (exact) mass is 515 g/mol. The van der Waals surface area contributed by atoms with Gasteiger partial charge in [0.2, 0.25) is 5.95 Å². The van der Waals surface area contributed by atoms with Gasteiger partial charge in [0.25, 0.3) is 5.91 Å². The number of aromatic nitrogens is 3. The molecular weight excluding hydrogens is 482 g/mol. The van der Waals surface area contributed by atoms with Gasteiger partial charge in [0.15, 0.2) is 0 Å². The minimum Gasteiger partial charge on any atom is -0.392 e.